The van der Waals surface area contributed by atoms with Crippen molar-refractivity contribution in [3.63, 3.8) is 0 Å². The Hall–Kier alpha value is -2.22. The molecule has 0 aliphatic rings. The van der Waals surface area contributed by atoms with Crippen LogP contribution in [0.1, 0.15) is 34.8 Å². The molecular formula is C26H32N2O2S2. The van der Waals surface area contributed by atoms with Crippen molar-refractivity contribution in [2.24, 2.45) is 0 Å². The lowest BCUT2D eigenvalue weighted by atomic mass is 10.1. The van der Waals surface area contributed by atoms with Crippen LogP contribution in [0.15, 0.2) is 77.5 Å². The molecule has 0 radical (unpaired) electrons. The molecule has 0 saturated carbocycles. The summed E-state index contributed by atoms with van der Waals surface area (Å²) in [7, 11) is 3.87. The van der Waals surface area contributed by atoms with Gasteiger partial charge in [0.05, 0.1) is 6.10 Å². The smallest absolute Gasteiger partial charge is 0.134 e. The van der Waals surface area contributed by atoms with Gasteiger partial charge in [0, 0.05) is 21.6 Å². The molecule has 2 heterocycles. The normalized spacial score (nSPS) is 12.7. The Morgan fingerprint density at radius 2 is 1.44 bits per heavy atom. The molecule has 6 heteroatoms. The van der Waals surface area contributed by atoms with E-state index in [9.17, 15) is 5.11 Å². The van der Waals surface area contributed by atoms with Gasteiger partial charge in [0.15, 0.2) is 0 Å². The molecule has 0 fully saturated rings. The fourth-order valence-electron chi connectivity index (χ4n) is 3.37. The van der Waals surface area contributed by atoms with Crippen LogP contribution in [0.2, 0.25) is 0 Å². The lowest BCUT2D eigenvalue weighted by Gasteiger charge is -2.19. The zero-order valence-corrected chi connectivity index (χ0v) is 20.3. The minimum absolute atomic E-state index is 0.100. The number of nitrogens with one attached hydrogen (secondary N) is 2. The van der Waals surface area contributed by atoms with Gasteiger partial charge in [-0.25, -0.2) is 0 Å². The van der Waals surface area contributed by atoms with E-state index in [1.54, 1.807) is 22.7 Å². The van der Waals surface area contributed by atoms with Gasteiger partial charge in [-0.05, 0) is 68.0 Å². The number of hydrogen-bond acceptors (Lipinski definition) is 6. The van der Waals surface area contributed by atoms with Crippen molar-refractivity contribution in [3.05, 3.63) is 87.2 Å². The predicted octanol–water partition coefficient (Wildman–Crippen LogP) is 6.02. The third-order valence-electron chi connectivity index (χ3n) is 5.08. The quantitative estimate of drug-likeness (QED) is 0.266. The molecule has 0 spiro atoms. The lowest BCUT2D eigenvalue weighted by molar-refractivity contribution is 0.171. The van der Waals surface area contributed by atoms with E-state index in [1.165, 1.54) is 15.6 Å². The van der Waals surface area contributed by atoms with Crippen molar-refractivity contribution in [2.45, 2.75) is 25.0 Å². The molecule has 4 aromatic rings. The monoisotopic (exact) mass is 468 g/mol. The summed E-state index contributed by atoms with van der Waals surface area (Å²) < 4.78 is 6.34. The van der Waals surface area contributed by atoms with E-state index < -0.39 is 0 Å². The van der Waals surface area contributed by atoms with Crippen molar-refractivity contribution in [1.29, 1.82) is 0 Å². The van der Waals surface area contributed by atoms with Crippen molar-refractivity contribution >= 4 is 33.4 Å². The number of rotatable bonds is 10. The molecule has 0 aliphatic carbocycles. The Kier molecular flexibility index (Phi) is 10.2. The van der Waals surface area contributed by atoms with Crippen molar-refractivity contribution in [1.82, 2.24) is 10.6 Å². The maximum absolute atomic E-state index is 9.51. The second-order valence-electron chi connectivity index (χ2n) is 7.41. The summed E-state index contributed by atoms with van der Waals surface area (Å²) in [5.74, 6) is 0.961. The van der Waals surface area contributed by atoms with Crippen molar-refractivity contribution in [2.75, 3.05) is 27.2 Å². The summed E-state index contributed by atoms with van der Waals surface area (Å²) in [6, 6.07) is 22.7. The van der Waals surface area contributed by atoms with Crippen molar-refractivity contribution < 1.29 is 9.84 Å². The van der Waals surface area contributed by atoms with Gasteiger partial charge in [0.1, 0.15) is 11.9 Å². The third-order valence-corrected chi connectivity index (χ3v) is 7.01. The highest BCUT2D eigenvalue weighted by atomic mass is 32.1. The highest BCUT2D eigenvalue weighted by Gasteiger charge is 2.15. The first kappa shape index (κ1) is 24.4. The zero-order valence-electron chi connectivity index (χ0n) is 18.7. The van der Waals surface area contributed by atoms with Gasteiger partial charge in [-0.1, -0.05) is 48.5 Å². The molecule has 2 aromatic carbocycles. The molecule has 0 bridgehead atoms. The average Bonchev–Trinajstić information content (AvgIpc) is 3.55. The highest BCUT2D eigenvalue weighted by molar-refractivity contribution is 7.10. The molecule has 2 atom stereocenters. The maximum Gasteiger partial charge on any atom is 0.134 e. The van der Waals surface area contributed by atoms with E-state index in [4.69, 9.17) is 4.74 Å². The number of fused-ring (bicyclic) bond motifs is 1. The summed E-state index contributed by atoms with van der Waals surface area (Å²) in [6.45, 7) is 1.80. The zero-order chi connectivity index (χ0) is 22.6. The maximum atomic E-state index is 9.51. The van der Waals surface area contributed by atoms with Crippen LogP contribution in [0.3, 0.4) is 0 Å². The summed E-state index contributed by atoms with van der Waals surface area (Å²) >= 11 is 3.36. The van der Waals surface area contributed by atoms with Gasteiger partial charge in [-0.3, -0.25) is 0 Å². The fourth-order valence-corrected chi connectivity index (χ4v) is 4.90. The molecule has 0 aliphatic heterocycles. The summed E-state index contributed by atoms with van der Waals surface area (Å²) in [4.78, 5) is 2.33. The molecule has 0 amide bonds. The molecule has 3 N–H and O–H groups in total. The molecule has 4 nitrogen and oxygen atoms in total. The van der Waals surface area contributed by atoms with Gasteiger partial charge in [0.25, 0.3) is 0 Å². The molecule has 2 aromatic heterocycles. The first-order valence-electron chi connectivity index (χ1n) is 10.9. The topological polar surface area (TPSA) is 53.5 Å². The SMILES string of the molecule is CNCCC(O)c1cccs1.CNCCC(Oc1cccc2ccccc12)c1cccs1. The molecular weight excluding hydrogens is 436 g/mol. The first-order chi connectivity index (χ1) is 15.7. The van der Waals surface area contributed by atoms with E-state index in [1.807, 2.05) is 31.6 Å². The van der Waals surface area contributed by atoms with Crippen LogP contribution in [0.25, 0.3) is 10.8 Å². The number of aliphatic hydroxyl groups excluding tert-OH is 1. The van der Waals surface area contributed by atoms with Crippen LogP contribution < -0.4 is 15.4 Å². The Morgan fingerprint density at radius 1 is 0.781 bits per heavy atom. The van der Waals surface area contributed by atoms with E-state index in [-0.39, 0.29) is 12.2 Å². The summed E-state index contributed by atoms with van der Waals surface area (Å²) in [5.41, 5.74) is 0. The standard InChI is InChI=1S/C18H19NOS.C8H13NOS/c1-19-12-11-17(18-10-5-13-21-18)20-16-9-4-7-14-6-2-3-8-15(14)16;1-9-5-4-7(10)8-3-2-6-11-8/h2-10,13,17,19H,11-12H2,1H3;2-3,6-7,9-10H,4-5H2,1H3. The number of ether oxygens (including phenoxy) is 1. The van der Waals surface area contributed by atoms with Crippen LogP contribution in [-0.2, 0) is 0 Å². The van der Waals surface area contributed by atoms with Crippen LogP contribution in [0.5, 0.6) is 5.75 Å². The number of thiophene rings is 2. The van der Waals surface area contributed by atoms with E-state index >= 15 is 0 Å². The Balaban J connectivity index is 0.000000222. The average molecular weight is 469 g/mol. The fraction of sp³-hybridized carbons (Fsp3) is 0.308. The number of benzene rings is 2. The summed E-state index contributed by atoms with van der Waals surface area (Å²) in [6.07, 6.45) is 1.56. The minimum Gasteiger partial charge on any atom is -0.484 e. The lowest BCUT2D eigenvalue weighted by Crippen LogP contribution is -2.15. The van der Waals surface area contributed by atoms with Crippen LogP contribution in [0.4, 0.5) is 0 Å². The van der Waals surface area contributed by atoms with Crippen LogP contribution in [-0.4, -0.2) is 32.3 Å². The van der Waals surface area contributed by atoms with Crippen LogP contribution >= 0.6 is 22.7 Å². The van der Waals surface area contributed by atoms with Gasteiger partial charge >= 0.3 is 0 Å². The number of aliphatic hydroxyl groups is 1. The van der Waals surface area contributed by atoms with E-state index in [0.717, 1.165) is 36.6 Å². The second-order valence-corrected chi connectivity index (χ2v) is 9.37. The van der Waals surface area contributed by atoms with Crippen LogP contribution in [0, 0.1) is 0 Å². The Morgan fingerprint density at radius 3 is 2.12 bits per heavy atom. The van der Waals surface area contributed by atoms with Crippen molar-refractivity contribution in [3.8, 4) is 5.75 Å². The molecule has 32 heavy (non-hydrogen) atoms. The molecule has 4 rings (SSSR count). The van der Waals surface area contributed by atoms with E-state index in [0.29, 0.717) is 0 Å². The first-order valence-corrected chi connectivity index (χ1v) is 12.7. The van der Waals surface area contributed by atoms with E-state index in [2.05, 4.69) is 70.6 Å². The predicted molar refractivity (Wildman–Crippen MR) is 138 cm³/mol. The summed E-state index contributed by atoms with van der Waals surface area (Å²) in [5, 5.41) is 22.2. The number of hydrogen-bond donors (Lipinski definition) is 3. The van der Waals surface area contributed by atoms with Gasteiger partial charge in [-0.15, -0.1) is 22.7 Å². The second kappa shape index (κ2) is 13.4. The highest BCUT2D eigenvalue weighted by Crippen LogP contribution is 2.32. The minimum atomic E-state index is -0.289. The Bertz CT molecular complexity index is 1010. The Labute approximate surface area is 198 Å². The van der Waals surface area contributed by atoms with Gasteiger partial charge < -0.3 is 20.5 Å². The third kappa shape index (κ3) is 7.15. The molecule has 2 unspecified atom stereocenters. The largest absolute Gasteiger partial charge is 0.484 e. The van der Waals surface area contributed by atoms with Gasteiger partial charge in [-0.2, -0.15) is 0 Å². The van der Waals surface area contributed by atoms with Gasteiger partial charge in [0.2, 0.25) is 0 Å². The molecule has 170 valence electrons. The molecule has 0 saturated heterocycles.